The minimum atomic E-state index is 0.0916. The molecular weight excluding hydrogens is 238 g/mol. The van der Waals surface area contributed by atoms with Gasteiger partial charge in [0.2, 0.25) is 0 Å². The molecule has 4 nitrogen and oxygen atoms in total. The Balaban J connectivity index is 2.28. The summed E-state index contributed by atoms with van der Waals surface area (Å²) in [7, 11) is 1.86. The van der Waals surface area contributed by atoms with Crippen molar-refractivity contribution in [1.29, 1.82) is 0 Å². The maximum atomic E-state index is 12.2. The van der Waals surface area contributed by atoms with E-state index in [0.717, 1.165) is 30.7 Å². The number of aryl methyl sites for hydroxylation is 2. The molecular formula is C15H21N3O. The largest absolute Gasteiger partial charge is 0.328 e. The molecule has 2 aromatic rings. The first-order valence-corrected chi connectivity index (χ1v) is 6.98. The number of aromatic nitrogens is 2. The highest BCUT2D eigenvalue weighted by molar-refractivity contribution is 5.81. The number of imidazole rings is 1. The van der Waals surface area contributed by atoms with Gasteiger partial charge in [0.15, 0.2) is 0 Å². The number of rotatable bonds is 2. The molecule has 0 N–H and O–H groups in total. The molecule has 0 spiro atoms. The summed E-state index contributed by atoms with van der Waals surface area (Å²) in [4.78, 5) is 14.7. The van der Waals surface area contributed by atoms with E-state index in [9.17, 15) is 4.79 Å². The highest BCUT2D eigenvalue weighted by Crippen LogP contribution is 2.30. The molecule has 102 valence electrons. The van der Waals surface area contributed by atoms with E-state index < -0.39 is 0 Å². The normalized spacial score (nSPS) is 15.6. The molecule has 0 saturated carbocycles. The molecule has 1 aromatic carbocycles. The van der Waals surface area contributed by atoms with Crippen molar-refractivity contribution in [2.75, 3.05) is 0 Å². The SMILES string of the molecule is CCn1c(=O)n(C)c2ccc3c(c21)CN(C(C)C)C3. The topological polar surface area (TPSA) is 30.2 Å². The van der Waals surface area contributed by atoms with E-state index in [4.69, 9.17) is 0 Å². The van der Waals surface area contributed by atoms with Gasteiger partial charge in [0, 0.05) is 32.7 Å². The van der Waals surface area contributed by atoms with Gasteiger partial charge in [-0.25, -0.2) is 4.79 Å². The molecule has 1 aromatic heterocycles. The molecule has 4 heteroatoms. The molecule has 0 radical (unpaired) electrons. The molecule has 0 unspecified atom stereocenters. The summed E-state index contributed by atoms with van der Waals surface area (Å²) in [5.41, 5.74) is 4.99. The Hall–Kier alpha value is -1.55. The van der Waals surface area contributed by atoms with Gasteiger partial charge in [0.1, 0.15) is 0 Å². The molecule has 2 heterocycles. The standard InChI is InChI=1S/C15H21N3O/c1-5-18-14-12-9-17(10(2)3)8-11(12)6-7-13(14)16(4)15(18)19/h6-7,10H,5,8-9H2,1-4H3. The summed E-state index contributed by atoms with van der Waals surface area (Å²) in [5.74, 6) is 0. The average Bonchev–Trinajstić information content (AvgIpc) is 2.91. The monoisotopic (exact) mass is 259 g/mol. The first kappa shape index (κ1) is 12.5. The lowest BCUT2D eigenvalue weighted by molar-refractivity contribution is 0.227. The fourth-order valence-corrected chi connectivity index (χ4v) is 3.08. The quantitative estimate of drug-likeness (QED) is 0.826. The van der Waals surface area contributed by atoms with Crippen LogP contribution in [-0.4, -0.2) is 20.1 Å². The maximum absolute atomic E-state index is 12.2. The van der Waals surface area contributed by atoms with Crippen molar-refractivity contribution in [3.05, 3.63) is 33.7 Å². The molecule has 1 aliphatic rings. The van der Waals surface area contributed by atoms with Crippen LogP contribution in [0.2, 0.25) is 0 Å². The van der Waals surface area contributed by atoms with Crippen LogP contribution < -0.4 is 5.69 Å². The number of nitrogens with zero attached hydrogens (tertiary/aromatic N) is 3. The molecule has 19 heavy (non-hydrogen) atoms. The first-order valence-electron chi connectivity index (χ1n) is 6.98. The van der Waals surface area contributed by atoms with Crippen LogP contribution in [0.5, 0.6) is 0 Å². The molecule has 0 saturated heterocycles. The Bertz CT molecular complexity index is 693. The second kappa shape index (κ2) is 4.23. The zero-order valence-electron chi connectivity index (χ0n) is 12.1. The maximum Gasteiger partial charge on any atom is 0.328 e. The van der Waals surface area contributed by atoms with E-state index >= 15 is 0 Å². The van der Waals surface area contributed by atoms with Gasteiger partial charge < -0.3 is 0 Å². The van der Waals surface area contributed by atoms with Crippen LogP contribution in [0, 0.1) is 0 Å². The number of hydrogen-bond donors (Lipinski definition) is 0. The highest BCUT2D eigenvalue weighted by atomic mass is 16.1. The second-order valence-corrected chi connectivity index (χ2v) is 5.66. The lowest BCUT2D eigenvalue weighted by Gasteiger charge is -2.19. The molecule has 0 bridgehead atoms. The van der Waals surface area contributed by atoms with Crippen LogP contribution in [0.25, 0.3) is 11.0 Å². The van der Waals surface area contributed by atoms with Crippen LogP contribution in [0.1, 0.15) is 31.9 Å². The second-order valence-electron chi connectivity index (χ2n) is 5.66. The van der Waals surface area contributed by atoms with E-state index in [2.05, 4.69) is 30.9 Å². The number of fused-ring (bicyclic) bond motifs is 3. The van der Waals surface area contributed by atoms with E-state index in [1.807, 2.05) is 18.5 Å². The van der Waals surface area contributed by atoms with Crippen LogP contribution >= 0.6 is 0 Å². The highest BCUT2D eigenvalue weighted by Gasteiger charge is 2.25. The third kappa shape index (κ3) is 1.66. The third-order valence-corrected chi connectivity index (χ3v) is 4.29. The number of benzene rings is 1. The van der Waals surface area contributed by atoms with E-state index in [-0.39, 0.29) is 5.69 Å². The molecule has 0 aliphatic carbocycles. The Labute approximate surface area is 113 Å². The fourth-order valence-electron chi connectivity index (χ4n) is 3.08. The van der Waals surface area contributed by atoms with Gasteiger partial charge in [0.25, 0.3) is 0 Å². The molecule has 1 aliphatic heterocycles. The Morgan fingerprint density at radius 3 is 2.63 bits per heavy atom. The van der Waals surface area contributed by atoms with Crippen molar-refractivity contribution in [2.24, 2.45) is 7.05 Å². The zero-order valence-corrected chi connectivity index (χ0v) is 12.1. The lowest BCUT2D eigenvalue weighted by atomic mass is 10.1. The molecule has 0 fully saturated rings. The summed E-state index contributed by atoms with van der Waals surface area (Å²) in [6.07, 6.45) is 0. The smallest absolute Gasteiger partial charge is 0.295 e. The molecule has 0 amide bonds. The van der Waals surface area contributed by atoms with Crippen molar-refractivity contribution in [3.8, 4) is 0 Å². The van der Waals surface area contributed by atoms with Crippen LogP contribution in [-0.2, 0) is 26.7 Å². The van der Waals surface area contributed by atoms with Crippen molar-refractivity contribution in [2.45, 2.75) is 46.4 Å². The lowest BCUT2D eigenvalue weighted by Crippen LogP contribution is -2.24. The van der Waals surface area contributed by atoms with Crippen LogP contribution in [0.3, 0.4) is 0 Å². The van der Waals surface area contributed by atoms with Gasteiger partial charge in [0.05, 0.1) is 11.0 Å². The van der Waals surface area contributed by atoms with Crippen LogP contribution in [0.15, 0.2) is 16.9 Å². The van der Waals surface area contributed by atoms with E-state index in [1.165, 1.54) is 11.1 Å². The summed E-state index contributed by atoms with van der Waals surface area (Å²) < 4.78 is 3.66. The third-order valence-electron chi connectivity index (χ3n) is 4.29. The van der Waals surface area contributed by atoms with Gasteiger partial charge in [-0.2, -0.15) is 0 Å². The van der Waals surface area contributed by atoms with Crippen molar-refractivity contribution in [1.82, 2.24) is 14.0 Å². The zero-order chi connectivity index (χ0) is 13.7. The van der Waals surface area contributed by atoms with Crippen LogP contribution in [0.4, 0.5) is 0 Å². The van der Waals surface area contributed by atoms with Gasteiger partial charge in [-0.1, -0.05) is 6.07 Å². The summed E-state index contributed by atoms with van der Waals surface area (Å²) in [6, 6.07) is 4.80. The Morgan fingerprint density at radius 2 is 2.00 bits per heavy atom. The molecule has 0 atom stereocenters. The van der Waals surface area contributed by atoms with E-state index in [1.54, 1.807) is 4.57 Å². The Kier molecular flexibility index (Phi) is 2.78. The van der Waals surface area contributed by atoms with Crippen molar-refractivity contribution < 1.29 is 0 Å². The summed E-state index contributed by atoms with van der Waals surface area (Å²) in [5, 5.41) is 0. The van der Waals surface area contributed by atoms with Gasteiger partial charge in [-0.15, -0.1) is 0 Å². The number of hydrogen-bond acceptors (Lipinski definition) is 2. The Morgan fingerprint density at radius 1 is 1.26 bits per heavy atom. The fraction of sp³-hybridized carbons (Fsp3) is 0.533. The summed E-state index contributed by atoms with van der Waals surface area (Å²) >= 11 is 0. The van der Waals surface area contributed by atoms with Gasteiger partial charge in [-0.3, -0.25) is 14.0 Å². The minimum absolute atomic E-state index is 0.0916. The van der Waals surface area contributed by atoms with Crippen molar-refractivity contribution in [3.63, 3.8) is 0 Å². The van der Waals surface area contributed by atoms with Gasteiger partial charge >= 0.3 is 5.69 Å². The first-order chi connectivity index (χ1) is 9.04. The molecule has 3 rings (SSSR count). The van der Waals surface area contributed by atoms with Gasteiger partial charge in [-0.05, 0) is 38.0 Å². The average molecular weight is 259 g/mol. The predicted octanol–water partition coefficient (Wildman–Crippen LogP) is 2.08. The van der Waals surface area contributed by atoms with Crippen molar-refractivity contribution >= 4 is 11.0 Å². The predicted molar refractivity (Wildman–Crippen MR) is 77.2 cm³/mol. The summed E-state index contributed by atoms with van der Waals surface area (Å²) in [6.45, 7) is 9.16. The van der Waals surface area contributed by atoms with E-state index in [0.29, 0.717) is 6.04 Å². The minimum Gasteiger partial charge on any atom is -0.295 e.